The van der Waals surface area contributed by atoms with Crippen molar-refractivity contribution in [3.63, 3.8) is 0 Å². The molecule has 0 unspecified atom stereocenters. The quantitative estimate of drug-likeness (QED) is 0.860. The van der Waals surface area contributed by atoms with Gasteiger partial charge in [-0.3, -0.25) is 9.59 Å². The summed E-state index contributed by atoms with van der Waals surface area (Å²) in [6.45, 7) is 2.99. The highest BCUT2D eigenvalue weighted by atomic mass is 16.4. The Hall–Kier alpha value is -3.16. The van der Waals surface area contributed by atoms with Crippen LogP contribution in [0.3, 0.4) is 0 Å². The van der Waals surface area contributed by atoms with Crippen molar-refractivity contribution in [3.05, 3.63) is 41.7 Å². The third-order valence-corrected chi connectivity index (χ3v) is 3.53. The molecule has 1 aromatic carbocycles. The van der Waals surface area contributed by atoms with Gasteiger partial charge in [0.15, 0.2) is 0 Å². The number of rotatable bonds is 5. The number of carbonyl (C=O) groups excluding carboxylic acids is 2. The highest BCUT2D eigenvalue weighted by Crippen LogP contribution is 2.18. The Balaban J connectivity index is 2.19. The number of amides is 2. The number of carboxylic acid groups (broad SMARTS) is 1. The van der Waals surface area contributed by atoms with E-state index in [0.29, 0.717) is 17.1 Å². The Bertz CT molecular complexity index is 797. The Morgan fingerprint density at radius 2 is 2.04 bits per heavy atom. The van der Waals surface area contributed by atoms with Crippen molar-refractivity contribution in [2.24, 2.45) is 0 Å². The zero-order valence-electron chi connectivity index (χ0n) is 13.6. The van der Waals surface area contributed by atoms with Gasteiger partial charge in [-0.1, -0.05) is 6.07 Å². The molecule has 8 nitrogen and oxygen atoms in total. The molecule has 0 saturated carbocycles. The van der Waals surface area contributed by atoms with Crippen molar-refractivity contribution < 1.29 is 19.5 Å². The first-order valence-electron chi connectivity index (χ1n) is 7.19. The highest BCUT2D eigenvalue weighted by Gasteiger charge is 2.14. The number of anilines is 1. The van der Waals surface area contributed by atoms with Gasteiger partial charge in [-0.25, -0.2) is 9.48 Å². The van der Waals surface area contributed by atoms with E-state index in [9.17, 15) is 14.4 Å². The second kappa shape index (κ2) is 6.95. The molecule has 0 bridgehead atoms. The standard InChI is InChI=1S/C16H18N4O4/c1-10-14(16(23)24)8-17-20(10)13-6-4-5-12(7-13)18-15(22)9-19(3)11(2)21/h4-8H,9H2,1-3H3,(H,18,22)(H,23,24). The molecule has 2 amide bonds. The Kier molecular flexibility index (Phi) is 4.98. The van der Waals surface area contributed by atoms with Crippen molar-refractivity contribution in [1.29, 1.82) is 0 Å². The van der Waals surface area contributed by atoms with Gasteiger partial charge in [-0.15, -0.1) is 0 Å². The highest BCUT2D eigenvalue weighted by molar-refractivity contribution is 5.94. The summed E-state index contributed by atoms with van der Waals surface area (Å²) in [4.78, 5) is 35.5. The van der Waals surface area contributed by atoms with E-state index in [1.54, 1.807) is 38.2 Å². The number of nitrogens with one attached hydrogen (secondary N) is 1. The van der Waals surface area contributed by atoms with Crippen LogP contribution in [0.4, 0.5) is 5.69 Å². The summed E-state index contributed by atoms with van der Waals surface area (Å²) < 4.78 is 1.49. The van der Waals surface area contributed by atoms with Crippen LogP contribution >= 0.6 is 0 Å². The van der Waals surface area contributed by atoms with Crippen LogP contribution in [0.25, 0.3) is 5.69 Å². The van der Waals surface area contributed by atoms with Gasteiger partial charge in [0.2, 0.25) is 11.8 Å². The van der Waals surface area contributed by atoms with Crippen LogP contribution in [0.15, 0.2) is 30.5 Å². The lowest BCUT2D eigenvalue weighted by Crippen LogP contribution is -2.33. The van der Waals surface area contributed by atoms with Crippen LogP contribution in [0.2, 0.25) is 0 Å². The van der Waals surface area contributed by atoms with Crippen molar-refractivity contribution in [2.45, 2.75) is 13.8 Å². The van der Waals surface area contributed by atoms with Crippen LogP contribution in [0, 0.1) is 6.92 Å². The molecule has 2 aromatic rings. The van der Waals surface area contributed by atoms with Crippen molar-refractivity contribution in [3.8, 4) is 5.69 Å². The monoisotopic (exact) mass is 330 g/mol. The second-order valence-corrected chi connectivity index (χ2v) is 5.33. The van der Waals surface area contributed by atoms with Crippen molar-refractivity contribution in [2.75, 3.05) is 18.9 Å². The summed E-state index contributed by atoms with van der Waals surface area (Å²) >= 11 is 0. The molecule has 0 atom stereocenters. The van der Waals surface area contributed by atoms with Crippen molar-refractivity contribution in [1.82, 2.24) is 14.7 Å². The average molecular weight is 330 g/mol. The third kappa shape index (κ3) is 3.78. The van der Waals surface area contributed by atoms with Crippen LogP contribution in [0.5, 0.6) is 0 Å². The lowest BCUT2D eigenvalue weighted by atomic mass is 10.2. The fraction of sp³-hybridized carbons (Fsp3) is 0.250. The lowest BCUT2D eigenvalue weighted by Gasteiger charge is -2.14. The summed E-state index contributed by atoms with van der Waals surface area (Å²) in [6, 6.07) is 6.85. The van der Waals surface area contributed by atoms with E-state index < -0.39 is 5.97 Å². The van der Waals surface area contributed by atoms with E-state index in [1.807, 2.05) is 0 Å². The number of carboxylic acids is 1. The smallest absolute Gasteiger partial charge is 0.339 e. The molecule has 2 rings (SSSR count). The molecule has 8 heteroatoms. The predicted molar refractivity (Wildman–Crippen MR) is 87.2 cm³/mol. The molecule has 0 spiro atoms. The van der Waals surface area contributed by atoms with Crippen LogP contribution in [-0.4, -0.2) is 51.2 Å². The molecule has 0 radical (unpaired) electrons. The first-order valence-corrected chi connectivity index (χ1v) is 7.19. The summed E-state index contributed by atoms with van der Waals surface area (Å²) in [5.41, 5.74) is 1.76. The zero-order valence-corrected chi connectivity index (χ0v) is 13.6. The fourth-order valence-electron chi connectivity index (χ4n) is 2.12. The van der Waals surface area contributed by atoms with Gasteiger partial charge in [0.25, 0.3) is 0 Å². The summed E-state index contributed by atoms with van der Waals surface area (Å²) in [5, 5.41) is 15.9. The first kappa shape index (κ1) is 17.2. The molecular formula is C16H18N4O4. The van der Waals surface area contributed by atoms with E-state index in [1.165, 1.54) is 22.7 Å². The largest absolute Gasteiger partial charge is 0.478 e. The van der Waals surface area contributed by atoms with Gasteiger partial charge >= 0.3 is 5.97 Å². The summed E-state index contributed by atoms with van der Waals surface area (Å²) in [5.74, 6) is -1.57. The SMILES string of the molecule is CC(=O)N(C)CC(=O)Nc1cccc(-n2ncc(C(=O)O)c2C)c1. The molecule has 0 aliphatic heterocycles. The number of hydrogen-bond acceptors (Lipinski definition) is 4. The number of benzene rings is 1. The molecule has 1 aromatic heterocycles. The maximum absolute atomic E-state index is 11.9. The minimum atomic E-state index is -1.05. The topological polar surface area (TPSA) is 105 Å². The maximum atomic E-state index is 11.9. The van der Waals surface area contributed by atoms with E-state index in [4.69, 9.17) is 5.11 Å². The summed E-state index contributed by atoms with van der Waals surface area (Å²) in [6.07, 6.45) is 1.28. The molecule has 2 N–H and O–H groups in total. The van der Waals surface area contributed by atoms with Crippen molar-refractivity contribution >= 4 is 23.5 Å². The lowest BCUT2D eigenvalue weighted by molar-refractivity contribution is -0.131. The third-order valence-electron chi connectivity index (χ3n) is 3.53. The maximum Gasteiger partial charge on any atom is 0.339 e. The minimum Gasteiger partial charge on any atom is -0.478 e. The van der Waals surface area contributed by atoms with Gasteiger partial charge < -0.3 is 15.3 Å². The average Bonchev–Trinajstić information content (AvgIpc) is 2.89. The number of hydrogen-bond donors (Lipinski definition) is 2. The Morgan fingerprint density at radius 3 is 2.62 bits per heavy atom. The van der Waals surface area contributed by atoms with Crippen LogP contribution < -0.4 is 5.32 Å². The Labute approximate surface area is 138 Å². The number of carbonyl (C=O) groups is 3. The number of aromatic carboxylic acids is 1. The molecular weight excluding hydrogens is 312 g/mol. The zero-order chi connectivity index (χ0) is 17.9. The van der Waals surface area contributed by atoms with E-state index >= 15 is 0 Å². The van der Waals surface area contributed by atoms with E-state index in [2.05, 4.69) is 10.4 Å². The van der Waals surface area contributed by atoms with E-state index in [0.717, 1.165) is 0 Å². The number of nitrogens with zero attached hydrogens (tertiary/aromatic N) is 3. The van der Waals surface area contributed by atoms with Gasteiger partial charge in [-0.05, 0) is 25.1 Å². The van der Waals surface area contributed by atoms with Gasteiger partial charge in [0, 0.05) is 19.7 Å². The first-order chi connectivity index (χ1) is 11.3. The van der Waals surface area contributed by atoms with Crippen LogP contribution in [-0.2, 0) is 9.59 Å². The van der Waals surface area contributed by atoms with E-state index in [-0.39, 0.29) is 23.9 Å². The molecule has 24 heavy (non-hydrogen) atoms. The number of aromatic nitrogens is 2. The van der Waals surface area contributed by atoms with Gasteiger partial charge in [-0.2, -0.15) is 5.10 Å². The number of likely N-dealkylation sites (N-methyl/N-ethyl adjacent to an activating group) is 1. The minimum absolute atomic E-state index is 0.0521. The normalized spacial score (nSPS) is 10.3. The van der Waals surface area contributed by atoms with Gasteiger partial charge in [0.05, 0.1) is 24.1 Å². The molecule has 0 saturated heterocycles. The molecule has 0 aliphatic carbocycles. The summed E-state index contributed by atoms with van der Waals surface area (Å²) in [7, 11) is 1.54. The Morgan fingerprint density at radius 1 is 1.33 bits per heavy atom. The predicted octanol–water partition coefficient (Wildman–Crippen LogP) is 1.30. The van der Waals surface area contributed by atoms with Gasteiger partial charge in [0.1, 0.15) is 5.56 Å². The fourth-order valence-corrected chi connectivity index (χ4v) is 2.12. The van der Waals surface area contributed by atoms with Crippen LogP contribution in [0.1, 0.15) is 23.0 Å². The molecule has 0 fully saturated rings. The molecule has 1 heterocycles. The second-order valence-electron chi connectivity index (χ2n) is 5.33. The molecule has 126 valence electrons. The molecule has 0 aliphatic rings.